The Balaban J connectivity index is 1.64. The fourth-order valence-electron chi connectivity index (χ4n) is 2.46. The second kappa shape index (κ2) is 8.13. The van der Waals surface area contributed by atoms with Crippen LogP contribution in [0.15, 0.2) is 54.7 Å². The van der Waals surface area contributed by atoms with E-state index in [0.29, 0.717) is 16.8 Å². The lowest BCUT2D eigenvalue weighted by molar-refractivity contribution is 0.0950. The Bertz CT molecular complexity index is 950. The molecule has 0 unspecified atom stereocenters. The summed E-state index contributed by atoms with van der Waals surface area (Å²) in [5.74, 6) is 0.220. The Morgan fingerprint density at radius 2 is 1.78 bits per heavy atom. The van der Waals surface area contributed by atoms with Gasteiger partial charge in [0.2, 0.25) is 0 Å². The summed E-state index contributed by atoms with van der Waals surface area (Å²) < 4.78 is 6.75. The predicted octanol–water partition coefficient (Wildman–Crippen LogP) is 1.57. The van der Waals surface area contributed by atoms with Gasteiger partial charge in [0.1, 0.15) is 11.4 Å². The quantitative estimate of drug-likeness (QED) is 0.691. The third-order valence-corrected chi connectivity index (χ3v) is 3.92. The molecule has 2 amide bonds. The fourth-order valence-corrected chi connectivity index (χ4v) is 2.46. The van der Waals surface area contributed by atoms with Gasteiger partial charge >= 0.3 is 0 Å². The number of ether oxygens (including phenoxy) is 1. The molecule has 0 atom stereocenters. The molecule has 0 aliphatic heterocycles. The molecule has 1 heterocycles. The second-order valence-electron chi connectivity index (χ2n) is 5.70. The number of aromatic nitrogens is 3. The van der Waals surface area contributed by atoms with Gasteiger partial charge in [-0.25, -0.2) is 4.68 Å². The van der Waals surface area contributed by atoms with E-state index >= 15 is 0 Å². The number of benzene rings is 2. The number of hydrogen-bond acceptors (Lipinski definition) is 5. The molecule has 0 fully saturated rings. The van der Waals surface area contributed by atoms with E-state index in [1.165, 1.54) is 0 Å². The van der Waals surface area contributed by atoms with E-state index in [1.807, 2.05) is 24.3 Å². The van der Waals surface area contributed by atoms with Gasteiger partial charge in [-0.2, -0.15) is 0 Å². The molecule has 1 aromatic heterocycles. The van der Waals surface area contributed by atoms with Gasteiger partial charge in [-0.05, 0) is 42.5 Å². The maximum atomic E-state index is 12.3. The Morgan fingerprint density at radius 3 is 2.44 bits per heavy atom. The van der Waals surface area contributed by atoms with Crippen LogP contribution < -0.4 is 15.4 Å². The molecule has 0 aliphatic carbocycles. The van der Waals surface area contributed by atoms with Gasteiger partial charge in [0, 0.05) is 18.2 Å². The molecule has 0 saturated carbocycles. The number of nitrogens with one attached hydrogen (secondary N) is 2. The highest BCUT2D eigenvalue weighted by Gasteiger charge is 2.10. The molecule has 0 aliphatic rings. The van der Waals surface area contributed by atoms with Gasteiger partial charge in [0.05, 0.1) is 25.5 Å². The summed E-state index contributed by atoms with van der Waals surface area (Å²) in [6.07, 6.45) is 1.74. The van der Waals surface area contributed by atoms with Gasteiger partial charge in [-0.15, -0.1) is 5.10 Å². The Morgan fingerprint density at radius 1 is 1.07 bits per heavy atom. The normalized spacial score (nSPS) is 10.3. The molecule has 0 radical (unpaired) electrons. The summed E-state index contributed by atoms with van der Waals surface area (Å²) in [4.78, 5) is 24.0. The first-order chi connectivity index (χ1) is 13.1. The Hall–Kier alpha value is -3.68. The molecule has 8 nitrogen and oxygen atoms in total. The van der Waals surface area contributed by atoms with Crippen LogP contribution in [0.2, 0.25) is 0 Å². The lowest BCUT2D eigenvalue weighted by atomic mass is 10.1. The molecule has 3 aromatic rings. The minimum absolute atomic E-state index is 0.221. The van der Waals surface area contributed by atoms with Crippen LogP contribution >= 0.6 is 0 Å². The van der Waals surface area contributed by atoms with Crippen molar-refractivity contribution in [1.82, 2.24) is 25.6 Å². The van der Waals surface area contributed by atoms with E-state index in [-0.39, 0.29) is 18.4 Å². The zero-order valence-electron chi connectivity index (χ0n) is 15.0. The Kier molecular flexibility index (Phi) is 5.46. The standard InChI is InChI=1S/C19H19N5O3/c1-20-18(25)13-4-3-5-14(10-13)19(26)21-11-15-12-24(23-22-15)16-6-8-17(27-2)9-7-16/h3-10,12H,11H2,1-2H3,(H,20,25)(H,21,26). The van der Waals surface area contributed by atoms with Crippen LogP contribution in [0.1, 0.15) is 26.4 Å². The largest absolute Gasteiger partial charge is 0.497 e. The number of methoxy groups -OCH3 is 1. The molecule has 0 spiro atoms. The average Bonchev–Trinajstić information content (AvgIpc) is 3.20. The molecule has 0 saturated heterocycles. The SMILES string of the molecule is CNC(=O)c1cccc(C(=O)NCc2cn(-c3ccc(OC)cc3)nn2)c1. The Labute approximate surface area is 156 Å². The first-order valence-corrected chi connectivity index (χ1v) is 8.26. The third kappa shape index (κ3) is 4.30. The zero-order chi connectivity index (χ0) is 19.2. The molecule has 27 heavy (non-hydrogen) atoms. The highest BCUT2D eigenvalue weighted by Crippen LogP contribution is 2.14. The lowest BCUT2D eigenvalue weighted by Gasteiger charge is -2.05. The summed E-state index contributed by atoms with van der Waals surface area (Å²) in [7, 11) is 3.15. The van der Waals surface area contributed by atoms with Gasteiger partial charge in [-0.1, -0.05) is 11.3 Å². The number of hydrogen-bond donors (Lipinski definition) is 2. The molecule has 3 rings (SSSR count). The minimum atomic E-state index is -0.292. The van der Waals surface area contributed by atoms with Gasteiger partial charge in [0.15, 0.2) is 0 Å². The molecule has 8 heteroatoms. The smallest absolute Gasteiger partial charge is 0.251 e. The summed E-state index contributed by atoms with van der Waals surface area (Å²) >= 11 is 0. The van der Waals surface area contributed by atoms with E-state index in [9.17, 15) is 9.59 Å². The van der Waals surface area contributed by atoms with Crippen LogP contribution in [0, 0.1) is 0 Å². The maximum Gasteiger partial charge on any atom is 0.251 e. The summed E-state index contributed by atoms with van der Waals surface area (Å²) in [5, 5.41) is 13.4. The first kappa shape index (κ1) is 18.1. The highest BCUT2D eigenvalue weighted by molar-refractivity contribution is 5.99. The molecular formula is C19H19N5O3. The minimum Gasteiger partial charge on any atom is -0.497 e. The topological polar surface area (TPSA) is 98.1 Å². The van der Waals surface area contributed by atoms with Crippen LogP contribution in [0.4, 0.5) is 0 Å². The monoisotopic (exact) mass is 365 g/mol. The number of amides is 2. The van der Waals surface area contributed by atoms with E-state index < -0.39 is 0 Å². The average molecular weight is 365 g/mol. The highest BCUT2D eigenvalue weighted by atomic mass is 16.5. The van der Waals surface area contributed by atoms with Crippen molar-refractivity contribution < 1.29 is 14.3 Å². The maximum absolute atomic E-state index is 12.3. The third-order valence-electron chi connectivity index (χ3n) is 3.92. The second-order valence-corrected chi connectivity index (χ2v) is 5.70. The summed E-state index contributed by atoms with van der Waals surface area (Å²) in [5.41, 5.74) is 2.27. The van der Waals surface area contributed by atoms with Crippen LogP contribution in [0.3, 0.4) is 0 Å². The van der Waals surface area contributed by atoms with Crippen molar-refractivity contribution in [1.29, 1.82) is 0 Å². The number of carbonyl (C=O) groups is 2. The van der Waals surface area contributed by atoms with Crippen molar-refractivity contribution in [2.45, 2.75) is 6.54 Å². The number of carbonyl (C=O) groups excluding carboxylic acids is 2. The molecule has 2 aromatic carbocycles. The number of nitrogens with zero attached hydrogens (tertiary/aromatic N) is 3. The van der Waals surface area contributed by atoms with Gasteiger partial charge in [0.25, 0.3) is 11.8 Å². The molecule has 138 valence electrons. The van der Waals surface area contributed by atoms with Crippen molar-refractivity contribution in [2.75, 3.05) is 14.2 Å². The van der Waals surface area contributed by atoms with E-state index in [2.05, 4.69) is 20.9 Å². The predicted molar refractivity (Wildman–Crippen MR) is 98.9 cm³/mol. The molecule has 2 N–H and O–H groups in total. The molecular weight excluding hydrogens is 346 g/mol. The first-order valence-electron chi connectivity index (χ1n) is 8.26. The van der Waals surface area contributed by atoms with Gasteiger partial charge in [-0.3, -0.25) is 9.59 Å². The van der Waals surface area contributed by atoms with E-state index in [4.69, 9.17) is 4.74 Å². The van der Waals surface area contributed by atoms with E-state index in [0.717, 1.165) is 11.4 Å². The van der Waals surface area contributed by atoms with Gasteiger partial charge < -0.3 is 15.4 Å². The number of rotatable bonds is 6. The van der Waals surface area contributed by atoms with E-state index in [1.54, 1.807) is 49.3 Å². The van der Waals surface area contributed by atoms with Crippen molar-refractivity contribution in [3.63, 3.8) is 0 Å². The summed E-state index contributed by atoms with van der Waals surface area (Å²) in [6.45, 7) is 0.221. The van der Waals surface area contributed by atoms with Crippen LogP contribution in [-0.2, 0) is 6.54 Å². The van der Waals surface area contributed by atoms with Crippen LogP contribution in [0.5, 0.6) is 5.75 Å². The molecule has 0 bridgehead atoms. The lowest BCUT2D eigenvalue weighted by Crippen LogP contribution is -2.24. The summed E-state index contributed by atoms with van der Waals surface area (Å²) in [6, 6.07) is 13.9. The fraction of sp³-hybridized carbons (Fsp3) is 0.158. The van der Waals surface area contributed by atoms with Crippen molar-refractivity contribution >= 4 is 11.8 Å². The van der Waals surface area contributed by atoms with Crippen molar-refractivity contribution in [3.8, 4) is 11.4 Å². The zero-order valence-corrected chi connectivity index (χ0v) is 15.0. The van der Waals surface area contributed by atoms with Crippen LogP contribution in [-0.4, -0.2) is 41.0 Å². The van der Waals surface area contributed by atoms with Crippen molar-refractivity contribution in [3.05, 3.63) is 71.5 Å². The van der Waals surface area contributed by atoms with Crippen molar-refractivity contribution in [2.24, 2.45) is 0 Å². The van der Waals surface area contributed by atoms with Crippen LogP contribution in [0.25, 0.3) is 5.69 Å².